The van der Waals surface area contributed by atoms with Gasteiger partial charge in [-0.2, -0.15) is 0 Å². The van der Waals surface area contributed by atoms with Gasteiger partial charge in [0.15, 0.2) is 5.70 Å². The van der Waals surface area contributed by atoms with Crippen LogP contribution in [0.4, 0.5) is 0 Å². The molecule has 0 saturated heterocycles. The Hall–Kier alpha value is -2.79. The summed E-state index contributed by atoms with van der Waals surface area (Å²) >= 11 is 5.86. The van der Waals surface area contributed by atoms with Crippen molar-refractivity contribution >= 4 is 29.5 Å². The van der Waals surface area contributed by atoms with Gasteiger partial charge in [-0.25, -0.2) is 9.79 Å². The maximum Gasteiger partial charge on any atom is 0.363 e. The average Bonchev–Trinajstić information content (AvgIpc) is 2.95. The summed E-state index contributed by atoms with van der Waals surface area (Å²) in [5, 5.41) is 0.600. The molecular formula is C18H14ClNO4. The minimum Gasteiger partial charge on any atom is -0.497 e. The van der Waals surface area contributed by atoms with Crippen molar-refractivity contribution in [2.24, 2.45) is 4.99 Å². The molecule has 5 nitrogen and oxygen atoms in total. The highest BCUT2D eigenvalue weighted by molar-refractivity contribution is 6.30. The van der Waals surface area contributed by atoms with Crippen LogP contribution in [-0.4, -0.2) is 26.1 Å². The Balaban J connectivity index is 1.95. The highest BCUT2D eigenvalue weighted by Gasteiger charge is 2.24. The smallest absolute Gasteiger partial charge is 0.363 e. The number of carbonyl (C=O) groups is 1. The Morgan fingerprint density at radius 1 is 1.04 bits per heavy atom. The predicted octanol–water partition coefficient (Wildman–Crippen LogP) is 3.70. The topological polar surface area (TPSA) is 57.1 Å². The number of rotatable bonds is 4. The van der Waals surface area contributed by atoms with Crippen molar-refractivity contribution in [1.82, 2.24) is 0 Å². The van der Waals surface area contributed by atoms with Crippen LogP contribution in [0.15, 0.2) is 53.2 Å². The van der Waals surface area contributed by atoms with Crippen LogP contribution in [0.3, 0.4) is 0 Å². The second kappa shape index (κ2) is 6.76. The van der Waals surface area contributed by atoms with E-state index >= 15 is 0 Å². The Labute approximate surface area is 144 Å². The van der Waals surface area contributed by atoms with Gasteiger partial charge in [0.05, 0.1) is 14.2 Å². The third kappa shape index (κ3) is 3.41. The molecule has 0 unspecified atom stereocenters. The standard InChI is InChI=1S/C18H14ClNO4/c1-22-14-7-11(8-15(10-14)23-2)9-16-18(21)24-17(20-16)12-3-5-13(19)6-4-12/h3-10H,1-2H3/b16-9-. The van der Waals surface area contributed by atoms with Crippen LogP contribution in [0.1, 0.15) is 11.1 Å². The molecule has 0 amide bonds. The summed E-state index contributed by atoms with van der Waals surface area (Å²) in [6, 6.07) is 12.2. The molecular weight excluding hydrogens is 330 g/mol. The van der Waals surface area contributed by atoms with E-state index in [1.807, 2.05) is 0 Å². The van der Waals surface area contributed by atoms with Crippen LogP contribution < -0.4 is 9.47 Å². The Kier molecular flexibility index (Phi) is 4.53. The molecule has 24 heavy (non-hydrogen) atoms. The summed E-state index contributed by atoms with van der Waals surface area (Å²) in [6.45, 7) is 0. The van der Waals surface area contributed by atoms with Gasteiger partial charge in [0.1, 0.15) is 11.5 Å². The monoisotopic (exact) mass is 343 g/mol. The summed E-state index contributed by atoms with van der Waals surface area (Å²) in [7, 11) is 3.12. The van der Waals surface area contributed by atoms with Gasteiger partial charge < -0.3 is 14.2 Å². The normalized spacial score (nSPS) is 15.2. The van der Waals surface area contributed by atoms with Crippen LogP contribution in [0, 0.1) is 0 Å². The van der Waals surface area contributed by atoms with Gasteiger partial charge in [-0.05, 0) is 48.0 Å². The SMILES string of the molecule is COc1cc(/C=C2\N=C(c3ccc(Cl)cc3)OC2=O)cc(OC)c1. The number of methoxy groups -OCH3 is 2. The summed E-state index contributed by atoms with van der Waals surface area (Å²) in [5.74, 6) is 0.975. The quantitative estimate of drug-likeness (QED) is 0.627. The first kappa shape index (κ1) is 16.1. The number of carbonyl (C=O) groups excluding carboxylic acids is 1. The lowest BCUT2D eigenvalue weighted by Gasteiger charge is -2.05. The summed E-state index contributed by atoms with van der Waals surface area (Å²) in [6.07, 6.45) is 1.62. The minimum atomic E-state index is -0.512. The fourth-order valence-corrected chi connectivity index (χ4v) is 2.32. The third-order valence-electron chi connectivity index (χ3n) is 3.39. The van der Waals surface area contributed by atoms with Crippen LogP contribution in [0.5, 0.6) is 11.5 Å². The van der Waals surface area contributed by atoms with Crippen molar-refractivity contribution in [2.75, 3.05) is 14.2 Å². The number of aliphatic imine (C=N–C) groups is 1. The number of halogens is 1. The molecule has 1 aliphatic heterocycles. The fourth-order valence-electron chi connectivity index (χ4n) is 2.20. The van der Waals surface area contributed by atoms with Gasteiger partial charge in [0.25, 0.3) is 0 Å². The van der Waals surface area contributed by atoms with E-state index in [-0.39, 0.29) is 11.6 Å². The number of hydrogen-bond acceptors (Lipinski definition) is 5. The third-order valence-corrected chi connectivity index (χ3v) is 3.64. The largest absolute Gasteiger partial charge is 0.497 e. The Morgan fingerprint density at radius 2 is 1.67 bits per heavy atom. The zero-order chi connectivity index (χ0) is 17.1. The van der Waals surface area contributed by atoms with Crippen molar-refractivity contribution in [3.8, 4) is 11.5 Å². The molecule has 122 valence electrons. The molecule has 0 radical (unpaired) electrons. The first-order valence-electron chi connectivity index (χ1n) is 7.10. The van der Waals surface area contributed by atoms with Gasteiger partial charge in [0.2, 0.25) is 5.90 Å². The second-order valence-electron chi connectivity index (χ2n) is 4.99. The van der Waals surface area contributed by atoms with E-state index in [4.69, 9.17) is 25.8 Å². The molecule has 3 rings (SSSR count). The van der Waals surface area contributed by atoms with Crippen molar-refractivity contribution in [3.05, 3.63) is 64.3 Å². The second-order valence-corrected chi connectivity index (χ2v) is 5.43. The number of esters is 1. The van der Waals surface area contributed by atoms with Gasteiger partial charge in [-0.15, -0.1) is 0 Å². The van der Waals surface area contributed by atoms with Crippen LogP contribution in [-0.2, 0) is 9.53 Å². The highest BCUT2D eigenvalue weighted by Crippen LogP contribution is 2.26. The van der Waals surface area contributed by atoms with Crippen LogP contribution in [0.2, 0.25) is 5.02 Å². The molecule has 0 spiro atoms. The van der Waals surface area contributed by atoms with E-state index in [0.29, 0.717) is 22.1 Å². The lowest BCUT2D eigenvalue weighted by Crippen LogP contribution is -2.05. The predicted molar refractivity (Wildman–Crippen MR) is 91.6 cm³/mol. The number of benzene rings is 2. The van der Waals surface area contributed by atoms with Crippen molar-refractivity contribution in [1.29, 1.82) is 0 Å². The molecule has 0 aromatic heterocycles. The zero-order valence-corrected chi connectivity index (χ0v) is 13.8. The van der Waals surface area contributed by atoms with Gasteiger partial charge >= 0.3 is 5.97 Å². The van der Waals surface area contributed by atoms with Gasteiger partial charge in [-0.3, -0.25) is 0 Å². The maximum absolute atomic E-state index is 12.0. The van der Waals surface area contributed by atoms with E-state index in [0.717, 1.165) is 5.56 Å². The summed E-state index contributed by atoms with van der Waals surface area (Å²) < 4.78 is 15.7. The highest BCUT2D eigenvalue weighted by atomic mass is 35.5. The van der Waals surface area contributed by atoms with Crippen molar-refractivity contribution in [3.63, 3.8) is 0 Å². The minimum absolute atomic E-state index is 0.204. The molecule has 1 heterocycles. The number of hydrogen-bond donors (Lipinski definition) is 0. The number of nitrogens with zero attached hydrogens (tertiary/aromatic N) is 1. The van der Waals surface area contributed by atoms with Crippen molar-refractivity contribution in [2.45, 2.75) is 0 Å². The van der Waals surface area contributed by atoms with Crippen LogP contribution >= 0.6 is 11.6 Å². The molecule has 0 atom stereocenters. The van der Waals surface area contributed by atoms with E-state index in [1.165, 1.54) is 0 Å². The first-order valence-corrected chi connectivity index (χ1v) is 7.48. The fraction of sp³-hybridized carbons (Fsp3) is 0.111. The molecule has 0 fully saturated rings. The molecule has 2 aromatic rings. The molecule has 0 N–H and O–H groups in total. The number of cyclic esters (lactones) is 1. The molecule has 0 bridgehead atoms. The molecule has 0 aliphatic carbocycles. The van der Waals surface area contributed by atoms with E-state index < -0.39 is 5.97 Å². The molecule has 2 aromatic carbocycles. The average molecular weight is 344 g/mol. The number of ether oxygens (including phenoxy) is 3. The Morgan fingerprint density at radius 3 is 2.25 bits per heavy atom. The molecule has 0 saturated carbocycles. The van der Waals surface area contributed by atoms with E-state index in [2.05, 4.69) is 4.99 Å². The van der Waals surface area contributed by atoms with Crippen molar-refractivity contribution < 1.29 is 19.0 Å². The zero-order valence-electron chi connectivity index (χ0n) is 13.1. The molecule has 1 aliphatic rings. The lowest BCUT2D eigenvalue weighted by molar-refractivity contribution is -0.129. The molecule has 6 heteroatoms. The van der Waals surface area contributed by atoms with E-state index in [1.54, 1.807) is 62.8 Å². The van der Waals surface area contributed by atoms with Gasteiger partial charge in [0, 0.05) is 16.7 Å². The first-order chi connectivity index (χ1) is 11.6. The van der Waals surface area contributed by atoms with Crippen LogP contribution in [0.25, 0.3) is 6.08 Å². The summed E-state index contributed by atoms with van der Waals surface area (Å²) in [4.78, 5) is 16.3. The Bertz CT molecular complexity index is 818. The maximum atomic E-state index is 12.0. The van der Waals surface area contributed by atoms with E-state index in [9.17, 15) is 4.79 Å². The summed E-state index contributed by atoms with van der Waals surface area (Å²) in [5.41, 5.74) is 1.61. The lowest BCUT2D eigenvalue weighted by atomic mass is 10.1. The van der Waals surface area contributed by atoms with Gasteiger partial charge in [-0.1, -0.05) is 11.6 Å².